The van der Waals surface area contributed by atoms with Gasteiger partial charge in [-0.05, 0) is 48.7 Å². The summed E-state index contributed by atoms with van der Waals surface area (Å²) in [5.41, 5.74) is -1.61. The highest BCUT2D eigenvalue weighted by molar-refractivity contribution is 7.91. The van der Waals surface area contributed by atoms with Crippen molar-refractivity contribution < 1.29 is 44.7 Å². The van der Waals surface area contributed by atoms with Crippen LogP contribution in [0.1, 0.15) is 36.8 Å². The summed E-state index contributed by atoms with van der Waals surface area (Å²) in [6.07, 6.45) is -2.73. The number of piperidine rings is 1. The lowest BCUT2D eigenvalue weighted by molar-refractivity contribution is -0.141. The van der Waals surface area contributed by atoms with Gasteiger partial charge in [0.2, 0.25) is 25.8 Å². The number of rotatable bonds is 10. The summed E-state index contributed by atoms with van der Waals surface area (Å²) in [5.74, 6) is -2.08. The normalized spacial score (nSPS) is 15.5. The molecule has 2 aromatic rings. The van der Waals surface area contributed by atoms with Gasteiger partial charge in [-0.2, -0.15) is 13.2 Å². The molecule has 1 amide bonds. The molecule has 39 heavy (non-hydrogen) atoms. The number of sulfonamides is 1. The molecule has 2 aromatic carbocycles. The van der Waals surface area contributed by atoms with Crippen molar-refractivity contribution in [2.75, 3.05) is 18.8 Å². The molecular weight excluding hydrogens is 561 g/mol. The number of benzene rings is 2. The Morgan fingerprint density at radius 2 is 1.62 bits per heavy atom. The average Bonchev–Trinajstić information content (AvgIpc) is 2.87. The first kappa shape index (κ1) is 30.3. The second-order valence-corrected chi connectivity index (χ2v) is 12.7. The zero-order chi connectivity index (χ0) is 28.8. The van der Waals surface area contributed by atoms with Crippen LogP contribution in [0.5, 0.6) is 0 Å². The predicted octanol–water partition coefficient (Wildman–Crippen LogP) is 3.33. The van der Waals surface area contributed by atoms with Crippen LogP contribution < -0.4 is 4.72 Å². The van der Waals surface area contributed by atoms with Crippen LogP contribution in [0.2, 0.25) is 0 Å². The van der Waals surface area contributed by atoms with Crippen molar-refractivity contribution in [3.8, 4) is 0 Å². The number of alkyl halides is 3. The largest absolute Gasteiger partial charge is 0.481 e. The maximum Gasteiger partial charge on any atom is 0.416 e. The molecule has 0 saturated carbocycles. The van der Waals surface area contributed by atoms with Crippen molar-refractivity contribution in [2.24, 2.45) is 0 Å². The van der Waals surface area contributed by atoms with Gasteiger partial charge in [0.15, 0.2) is 0 Å². The van der Waals surface area contributed by atoms with Gasteiger partial charge in [0.1, 0.15) is 0 Å². The van der Waals surface area contributed by atoms with Crippen LogP contribution in [-0.4, -0.2) is 63.6 Å². The molecule has 14 heteroatoms. The second kappa shape index (κ2) is 12.3. The Labute approximate surface area is 224 Å². The topological polar surface area (TPSA) is 138 Å². The highest BCUT2D eigenvalue weighted by Gasteiger charge is 2.34. The molecular formula is C25H27F3N2O7S2. The summed E-state index contributed by atoms with van der Waals surface area (Å²) in [4.78, 5) is 23.7. The quantitative estimate of drug-likeness (QED) is 0.434. The molecule has 0 spiro atoms. The zero-order valence-electron chi connectivity index (χ0n) is 20.6. The molecule has 0 bridgehead atoms. The lowest BCUT2D eigenvalue weighted by Crippen LogP contribution is -2.46. The number of carbonyl (C=O) groups excluding carboxylic acids is 1. The lowest BCUT2D eigenvalue weighted by Gasteiger charge is -2.32. The molecule has 0 aromatic heterocycles. The Balaban J connectivity index is 1.69. The van der Waals surface area contributed by atoms with Gasteiger partial charge < -0.3 is 10.0 Å². The third-order valence-corrected chi connectivity index (χ3v) is 9.14. The minimum absolute atomic E-state index is 0.0962. The van der Waals surface area contributed by atoms with Gasteiger partial charge >= 0.3 is 12.1 Å². The van der Waals surface area contributed by atoms with Gasteiger partial charge in [-0.15, -0.1) is 0 Å². The number of nitrogens with one attached hydrogen (secondary N) is 1. The van der Waals surface area contributed by atoms with E-state index in [2.05, 4.69) is 4.72 Å². The van der Waals surface area contributed by atoms with Crippen molar-refractivity contribution in [1.82, 2.24) is 9.62 Å². The summed E-state index contributed by atoms with van der Waals surface area (Å²) in [6, 6.07) is 9.06. The molecule has 0 aliphatic carbocycles. The predicted molar refractivity (Wildman–Crippen MR) is 136 cm³/mol. The van der Waals surface area contributed by atoms with E-state index in [0.29, 0.717) is 18.9 Å². The smallest absolute Gasteiger partial charge is 0.416 e. The average molecular weight is 589 g/mol. The zero-order valence-corrected chi connectivity index (χ0v) is 22.2. The standard InChI is InChI=1S/C25H27F3N2O7S2/c26-25(27,28)22-9-8-21(39(36,37)20-6-2-1-3-7-20)17-18(22)5-4-16-38(34,35)29-19-12-14-30(15-13-19)23(31)10-11-24(32)33/h1-9,17,19,29H,10-16H2,(H,32,33). The molecule has 0 radical (unpaired) electrons. The molecule has 1 aliphatic heterocycles. The lowest BCUT2D eigenvalue weighted by atomic mass is 10.1. The Morgan fingerprint density at radius 3 is 2.21 bits per heavy atom. The van der Waals surface area contributed by atoms with Crippen molar-refractivity contribution >= 4 is 37.8 Å². The van der Waals surface area contributed by atoms with Crippen LogP contribution in [0, 0.1) is 0 Å². The first-order chi connectivity index (χ1) is 18.2. The van der Waals surface area contributed by atoms with Gasteiger partial charge in [-0.1, -0.05) is 30.4 Å². The molecule has 0 atom stereocenters. The monoisotopic (exact) mass is 588 g/mol. The van der Waals surface area contributed by atoms with Crippen LogP contribution in [-0.2, 0) is 35.6 Å². The molecule has 212 valence electrons. The summed E-state index contributed by atoms with van der Waals surface area (Å²) in [5, 5.41) is 8.69. The number of carbonyl (C=O) groups is 2. The number of carboxylic acids is 1. The fraction of sp³-hybridized carbons (Fsp3) is 0.360. The van der Waals surface area contributed by atoms with E-state index in [1.807, 2.05) is 0 Å². The van der Waals surface area contributed by atoms with Crippen molar-refractivity contribution in [1.29, 1.82) is 0 Å². The Morgan fingerprint density at radius 1 is 0.974 bits per heavy atom. The van der Waals surface area contributed by atoms with Crippen molar-refractivity contribution in [3.63, 3.8) is 0 Å². The van der Waals surface area contributed by atoms with Crippen LogP contribution in [0.3, 0.4) is 0 Å². The van der Waals surface area contributed by atoms with Gasteiger partial charge in [0, 0.05) is 25.6 Å². The minimum atomic E-state index is -4.80. The van der Waals surface area contributed by atoms with E-state index in [1.54, 1.807) is 6.07 Å². The van der Waals surface area contributed by atoms with Crippen LogP contribution >= 0.6 is 0 Å². The number of hydrogen-bond donors (Lipinski definition) is 2. The Hall–Kier alpha value is -3.23. The Bertz CT molecular complexity index is 1430. The SMILES string of the molecule is O=C(O)CCC(=O)N1CCC(NS(=O)(=O)CC=Cc2cc(S(=O)(=O)c3ccccc3)ccc2C(F)(F)F)CC1. The number of likely N-dealkylation sites (tertiary alicyclic amines) is 1. The molecule has 1 fully saturated rings. The highest BCUT2D eigenvalue weighted by atomic mass is 32.2. The third kappa shape index (κ3) is 8.38. The van der Waals surface area contributed by atoms with E-state index < -0.39 is 54.9 Å². The van der Waals surface area contributed by atoms with E-state index in [9.17, 15) is 39.6 Å². The molecule has 2 N–H and O–H groups in total. The van der Waals surface area contributed by atoms with E-state index in [4.69, 9.17) is 5.11 Å². The number of halogens is 3. The molecule has 1 saturated heterocycles. The number of hydrogen-bond acceptors (Lipinski definition) is 6. The van der Waals surface area contributed by atoms with Gasteiger partial charge in [0.05, 0.1) is 27.5 Å². The summed E-state index contributed by atoms with van der Waals surface area (Å²) in [7, 11) is -8.06. The summed E-state index contributed by atoms with van der Waals surface area (Å²) >= 11 is 0. The molecule has 1 heterocycles. The fourth-order valence-corrected chi connectivity index (χ4v) is 6.57. The number of nitrogens with zero attached hydrogens (tertiary/aromatic N) is 1. The number of aliphatic carboxylic acids is 1. The van der Waals surface area contributed by atoms with Gasteiger partial charge in [-0.25, -0.2) is 21.6 Å². The van der Waals surface area contributed by atoms with E-state index in [0.717, 1.165) is 24.3 Å². The molecule has 3 rings (SSSR count). The maximum atomic E-state index is 13.6. The highest BCUT2D eigenvalue weighted by Crippen LogP contribution is 2.35. The number of amides is 1. The summed E-state index contributed by atoms with van der Waals surface area (Å²) in [6.45, 7) is 0.470. The molecule has 0 unspecified atom stereocenters. The van der Waals surface area contributed by atoms with Gasteiger partial charge in [0.25, 0.3) is 0 Å². The molecule has 1 aliphatic rings. The third-order valence-electron chi connectivity index (χ3n) is 6.05. The Kier molecular flexibility index (Phi) is 9.56. The van der Waals surface area contributed by atoms with Gasteiger partial charge in [-0.3, -0.25) is 9.59 Å². The van der Waals surface area contributed by atoms with Crippen LogP contribution in [0.25, 0.3) is 6.08 Å². The van der Waals surface area contributed by atoms with E-state index in [1.165, 1.54) is 29.2 Å². The van der Waals surface area contributed by atoms with Crippen molar-refractivity contribution in [2.45, 2.75) is 47.7 Å². The van der Waals surface area contributed by atoms with Crippen molar-refractivity contribution in [3.05, 3.63) is 65.7 Å². The second-order valence-electron chi connectivity index (χ2n) is 8.91. The number of carboxylic acid groups (broad SMARTS) is 1. The maximum absolute atomic E-state index is 13.6. The molecule has 9 nitrogen and oxygen atoms in total. The minimum Gasteiger partial charge on any atom is -0.481 e. The fourth-order valence-electron chi connectivity index (χ4n) is 4.06. The first-order valence-corrected chi connectivity index (χ1v) is 15.0. The van der Waals surface area contributed by atoms with Crippen LogP contribution in [0.4, 0.5) is 13.2 Å². The van der Waals surface area contributed by atoms with E-state index >= 15 is 0 Å². The first-order valence-electron chi connectivity index (χ1n) is 11.9. The van der Waals surface area contributed by atoms with E-state index in [-0.39, 0.29) is 41.6 Å². The number of sulfone groups is 1. The van der Waals surface area contributed by atoms with Crippen LogP contribution in [0.15, 0.2) is 64.4 Å². The summed E-state index contributed by atoms with van der Waals surface area (Å²) < 4.78 is 94.0.